The molecule has 0 fully saturated rings. The molecule has 1 amide bonds. The van der Waals surface area contributed by atoms with Crippen molar-refractivity contribution in [3.05, 3.63) is 10.6 Å². The molecule has 16 heavy (non-hydrogen) atoms. The number of carbonyl (C=O) groups is 1. The quantitative estimate of drug-likeness (QED) is 0.863. The van der Waals surface area contributed by atoms with Crippen molar-refractivity contribution in [2.75, 3.05) is 12.8 Å². The zero-order valence-electron chi connectivity index (χ0n) is 9.52. The summed E-state index contributed by atoms with van der Waals surface area (Å²) in [7, 11) is 1.68. The number of aryl methyl sites for hydroxylation is 1. The predicted octanol–water partition coefficient (Wildman–Crippen LogP) is 1.41. The fraction of sp³-hybridized carbons (Fsp3) is 0.500. The number of hydrogen-bond acceptors (Lipinski definition) is 5. The highest BCUT2D eigenvalue weighted by Crippen LogP contribution is 2.22. The smallest absolute Gasteiger partial charge is 0.265 e. The summed E-state index contributed by atoms with van der Waals surface area (Å²) < 4.78 is 0. The number of rotatable bonds is 3. The van der Waals surface area contributed by atoms with Crippen LogP contribution in [-0.2, 0) is 0 Å². The van der Waals surface area contributed by atoms with Crippen LogP contribution < -0.4 is 5.73 Å². The van der Waals surface area contributed by atoms with E-state index >= 15 is 0 Å². The van der Waals surface area contributed by atoms with Gasteiger partial charge in [-0.2, -0.15) is 5.26 Å². The lowest BCUT2D eigenvalue weighted by Gasteiger charge is -2.22. The second-order valence-electron chi connectivity index (χ2n) is 3.59. The summed E-state index contributed by atoms with van der Waals surface area (Å²) in [5.74, 6) is -0.130. The third-order valence-electron chi connectivity index (χ3n) is 2.38. The molecule has 2 N–H and O–H groups in total. The van der Waals surface area contributed by atoms with Gasteiger partial charge in [0, 0.05) is 13.1 Å². The molecule has 1 aromatic rings. The Hall–Kier alpha value is -1.61. The van der Waals surface area contributed by atoms with E-state index in [-0.39, 0.29) is 11.9 Å². The number of nitrogens with two attached hydrogens (primary N) is 1. The summed E-state index contributed by atoms with van der Waals surface area (Å²) in [4.78, 5) is 18.1. The van der Waals surface area contributed by atoms with Crippen molar-refractivity contribution in [3.63, 3.8) is 0 Å². The molecule has 1 heterocycles. The first-order valence-electron chi connectivity index (χ1n) is 4.84. The molecule has 1 rings (SSSR count). The van der Waals surface area contributed by atoms with Gasteiger partial charge in [-0.15, -0.1) is 0 Å². The topological polar surface area (TPSA) is 83.0 Å². The molecule has 1 unspecified atom stereocenters. The summed E-state index contributed by atoms with van der Waals surface area (Å²) in [5.41, 5.74) is 6.18. The van der Waals surface area contributed by atoms with Crippen LogP contribution in [0.25, 0.3) is 0 Å². The van der Waals surface area contributed by atoms with Gasteiger partial charge in [0.25, 0.3) is 5.91 Å². The molecule has 86 valence electrons. The third kappa shape index (κ3) is 2.49. The maximum atomic E-state index is 12.0. The average molecular weight is 238 g/mol. The highest BCUT2D eigenvalue weighted by atomic mass is 32.1. The van der Waals surface area contributed by atoms with Crippen LogP contribution in [-0.4, -0.2) is 28.9 Å². The van der Waals surface area contributed by atoms with Crippen molar-refractivity contribution >= 4 is 22.4 Å². The van der Waals surface area contributed by atoms with E-state index in [1.54, 1.807) is 18.9 Å². The Bertz CT molecular complexity index is 435. The van der Waals surface area contributed by atoms with Crippen molar-refractivity contribution < 1.29 is 4.79 Å². The first kappa shape index (κ1) is 12.5. The Kier molecular flexibility index (Phi) is 3.85. The normalized spacial score (nSPS) is 11.9. The number of nitrogens with zero attached hydrogens (tertiary/aromatic N) is 3. The summed E-state index contributed by atoms with van der Waals surface area (Å²) in [6.07, 6.45) is 0.315. The number of thiazole rings is 1. The zero-order chi connectivity index (χ0) is 12.3. The summed E-state index contributed by atoms with van der Waals surface area (Å²) in [5, 5.41) is 8.97. The Balaban J connectivity index is 2.86. The van der Waals surface area contributed by atoms with Crippen LogP contribution in [0, 0.1) is 18.3 Å². The van der Waals surface area contributed by atoms with Crippen molar-refractivity contribution in [2.24, 2.45) is 0 Å². The van der Waals surface area contributed by atoms with E-state index in [1.165, 1.54) is 11.3 Å². The van der Waals surface area contributed by atoms with E-state index in [9.17, 15) is 4.79 Å². The molecule has 5 nitrogen and oxygen atoms in total. The van der Waals surface area contributed by atoms with Crippen molar-refractivity contribution in [2.45, 2.75) is 26.3 Å². The monoisotopic (exact) mass is 238 g/mol. The maximum Gasteiger partial charge on any atom is 0.265 e. The molecule has 0 aliphatic carbocycles. The molecule has 0 saturated carbocycles. The highest BCUT2D eigenvalue weighted by molar-refractivity contribution is 7.17. The molecule has 6 heteroatoms. The molecule has 1 atom stereocenters. The number of aromatic nitrogens is 1. The van der Waals surface area contributed by atoms with Gasteiger partial charge in [-0.05, 0) is 13.8 Å². The minimum Gasteiger partial charge on any atom is -0.375 e. The zero-order valence-corrected chi connectivity index (χ0v) is 10.3. The Labute approximate surface area is 98.5 Å². The van der Waals surface area contributed by atoms with Crippen molar-refractivity contribution in [3.8, 4) is 6.07 Å². The van der Waals surface area contributed by atoms with E-state index in [1.807, 2.05) is 13.0 Å². The summed E-state index contributed by atoms with van der Waals surface area (Å²) in [6.45, 7) is 3.59. The molecule has 0 aromatic carbocycles. The predicted molar refractivity (Wildman–Crippen MR) is 63.0 cm³/mol. The second kappa shape index (κ2) is 4.94. The first-order valence-corrected chi connectivity index (χ1v) is 5.66. The Morgan fingerprint density at radius 1 is 1.75 bits per heavy atom. The molecule has 0 bridgehead atoms. The summed E-state index contributed by atoms with van der Waals surface area (Å²) in [6, 6.07) is 1.93. The van der Waals surface area contributed by atoms with Gasteiger partial charge in [0.15, 0.2) is 5.13 Å². The molecule has 0 radical (unpaired) electrons. The van der Waals surface area contributed by atoms with E-state index in [0.29, 0.717) is 22.1 Å². The minimum atomic E-state index is -0.130. The molecule has 0 saturated heterocycles. The van der Waals surface area contributed by atoms with Gasteiger partial charge < -0.3 is 10.6 Å². The largest absolute Gasteiger partial charge is 0.375 e. The molecular weight excluding hydrogens is 224 g/mol. The molecule has 0 spiro atoms. The number of nitriles is 1. The van der Waals surface area contributed by atoms with Crippen LogP contribution in [0.4, 0.5) is 5.13 Å². The number of amides is 1. The van der Waals surface area contributed by atoms with Gasteiger partial charge in [0.2, 0.25) is 0 Å². The molecule has 1 aromatic heterocycles. The number of anilines is 1. The van der Waals surface area contributed by atoms with Crippen LogP contribution in [0.3, 0.4) is 0 Å². The van der Waals surface area contributed by atoms with E-state index < -0.39 is 0 Å². The molecular formula is C10H14N4OS. The Morgan fingerprint density at radius 3 is 2.81 bits per heavy atom. The lowest BCUT2D eigenvalue weighted by Crippen LogP contribution is -2.34. The fourth-order valence-corrected chi connectivity index (χ4v) is 2.06. The lowest BCUT2D eigenvalue weighted by atomic mass is 10.2. The van der Waals surface area contributed by atoms with Gasteiger partial charge in [0.05, 0.1) is 18.2 Å². The van der Waals surface area contributed by atoms with E-state index in [0.717, 1.165) is 0 Å². The summed E-state index contributed by atoms with van der Waals surface area (Å²) >= 11 is 1.18. The standard InChI is InChI=1S/C10H14N4OS/c1-6(4-5-11)14(3)9(15)8-7(2)13-10(12)16-8/h6H,4H2,1-3H3,(H2,12,13). The molecule has 0 aliphatic rings. The third-order valence-corrected chi connectivity index (χ3v) is 3.35. The van der Waals surface area contributed by atoms with Crippen LogP contribution in [0.2, 0.25) is 0 Å². The minimum absolute atomic E-state index is 0.111. The average Bonchev–Trinajstić information content (AvgIpc) is 2.56. The van der Waals surface area contributed by atoms with Gasteiger partial charge in [-0.25, -0.2) is 4.98 Å². The second-order valence-corrected chi connectivity index (χ2v) is 4.62. The van der Waals surface area contributed by atoms with Crippen LogP contribution >= 0.6 is 11.3 Å². The maximum absolute atomic E-state index is 12.0. The van der Waals surface area contributed by atoms with Crippen molar-refractivity contribution in [1.82, 2.24) is 9.88 Å². The first-order chi connectivity index (χ1) is 7.47. The van der Waals surface area contributed by atoms with Crippen LogP contribution in [0.15, 0.2) is 0 Å². The number of carbonyl (C=O) groups excluding carboxylic acids is 1. The van der Waals surface area contributed by atoms with Gasteiger partial charge in [-0.1, -0.05) is 11.3 Å². The number of nitrogen functional groups attached to an aromatic ring is 1. The van der Waals surface area contributed by atoms with Gasteiger partial charge >= 0.3 is 0 Å². The van der Waals surface area contributed by atoms with Crippen LogP contribution in [0.5, 0.6) is 0 Å². The molecule has 0 aliphatic heterocycles. The van der Waals surface area contributed by atoms with Gasteiger partial charge in [-0.3, -0.25) is 4.79 Å². The van der Waals surface area contributed by atoms with E-state index in [2.05, 4.69) is 4.98 Å². The van der Waals surface area contributed by atoms with E-state index in [4.69, 9.17) is 11.0 Å². The Morgan fingerprint density at radius 2 is 2.38 bits per heavy atom. The highest BCUT2D eigenvalue weighted by Gasteiger charge is 2.21. The van der Waals surface area contributed by atoms with Crippen molar-refractivity contribution in [1.29, 1.82) is 5.26 Å². The fourth-order valence-electron chi connectivity index (χ4n) is 1.25. The van der Waals surface area contributed by atoms with Crippen LogP contribution in [0.1, 0.15) is 28.7 Å². The lowest BCUT2D eigenvalue weighted by molar-refractivity contribution is 0.0750. The van der Waals surface area contributed by atoms with Gasteiger partial charge in [0.1, 0.15) is 4.88 Å². The number of hydrogen-bond donors (Lipinski definition) is 1. The SMILES string of the molecule is Cc1nc(N)sc1C(=O)N(C)C(C)CC#N.